The SMILES string of the molecule is Cc1cc(C(C)NCC(O)COC2CCCC2)c(C)s1. The highest BCUT2D eigenvalue weighted by atomic mass is 32.1. The van der Waals surface area contributed by atoms with Crippen LogP contribution in [-0.2, 0) is 4.74 Å². The molecule has 1 heterocycles. The second-order valence-electron chi connectivity index (χ2n) is 5.89. The van der Waals surface area contributed by atoms with E-state index in [1.165, 1.54) is 28.2 Å². The van der Waals surface area contributed by atoms with E-state index in [9.17, 15) is 5.11 Å². The molecule has 2 atom stereocenters. The van der Waals surface area contributed by atoms with Crippen molar-refractivity contribution in [3.8, 4) is 0 Å². The number of aliphatic hydroxyl groups excluding tert-OH is 1. The number of hydrogen-bond donors (Lipinski definition) is 2. The lowest BCUT2D eigenvalue weighted by Gasteiger charge is -2.19. The van der Waals surface area contributed by atoms with E-state index in [2.05, 4.69) is 32.2 Å². The van der Waals surface area contributed by atoms with Gasteiger partial charge in [-0.25, -0.2) is 0 Å². The molecule has 2 unspecified atom stereocenters. The van der Waals surface area contributed by atoms with Crippen LogP contribution in [0, 0.1) is 13.8 Å². The van der Waals surface area contributed by atoms with Crippen molar-refractivity contribution in [1.29, 1.82) is 0 Å². The molecule has 1 aromatic heterocycles. The Kier molecular flexibility index (Phi) is 6.02. The molecule has 114 valence electrons. The number of thiophene rings is 1. The molecule has 1 fully saturated rings. The molecule has 1 saturated carbocycles. The van der Waals surface area contributed by atoms with Crippen molar-refractivity contribution in [1.82, 2.24) is 5.32 Å². The van der Waals surface area contributed by atoms with Crippen LogP contribution in [0.2, 0.25) is 0 Å². The summed E-state index contributed by atoms with van der Waals surface area (Å²) in [6.07, 6.45) is 4.81. The van der Waals surface area contributed by atoms with Crippen LogP contribution in [-0.4, -0.2) is 30.5 Å². The first kappa shape index (κ1) is 16.0. The fourth-order valence-electron chi connectivity index (χ4n) is 2.86. The summed E-state index contributed by atoms with van der Waals surface area (Å²) in [5.74, 6) is 0. The van der Waals surface area contributed by atoms with Crippen molar-refractivity contribution in [3.63, 3.8) is 0 Å². The number of rotatable bonds is 7. The number of hydrogen-bond acceptors (Lipinski definition) is 4. The van der Waals surface area contributed by atoms with Crippen LogP contribution in [0.1, 0.15) is 54.0 Å². The van der Waals surface area contributed by atoms with Gasteiger partial charge in [0.1, 0.15) is 0 Å². The number of ether oxygens (including phenoxy) is 1. The van der Waals surface area contributed by atoms with Gasteiger partial charge in [0, 0.05) is 22.3 Å². The zero-order valence-electron chi connectivity index (χ0n) is 12.8. The molecule has 2 N–H and O–H groups in total. The van der Waals surface area contributed by atoms with Crippen LogP contribution < -0.4 is 5.32 Å². The second kappa shape index (κ2) is 7.55. The predicted octanol–water partition coefficient (Wildman–Crippen LogP) is 3.34. The highest BCUT2D eigenvalue weighted by Gasteiger charge is 2.17. The van der Waals surface area contributed by atoms with E-state index in [0.29, 0.717) is 19.3 Å². The number of nitrogens with one attached hydrogen (secondary N) is 1. The lowest BCUT2D eigenvalue weighted by atomic mass is 10.1. The molecular weight excluding hydrogens is 270 g/mol. The van der Waals surface area contributed by atoms with Crippen molar-refractivity contribution >= 4 is 11.3 Å². The summed E-state index contributed by atoms with van der Waals surface area (Å²) < 4.78 is 5.74. The largest absolute Gasteiger partial charge is 0.389 e. The minimum Gasteiger partial charge on any atom is -0.389 e. The zero-order valence-corrected chi connectivity index (χ0v) is 13.6. The molecule has 4 heteroatoms. The molecule has 0 spiro atoms. The van der Waals surface area contributed by atoms with E-state index in [-0.39, 0.29) is 6.04 Å². The standard InChI is InChI=1S/C16H27NO2S/c1-11-8-16(13(3)20-11)12(2)17-9-14(18)10-19-15-6-4-5-7-15/h8,12,14-15,17-18H,4-7,9-10H2,1-3H3. The molecule has 20 heavy (non-hydrogen) atoms. The third-order valence-electron chi connectivity index (χ3n) is 4.03. The van der Waals surface area contributed by atoms with Gasteiger partial charge >= 0.3 is 0 Å². The summed E-state index contributed by atoms with van der Waals surface area (Å²) in [6.45, 7) is 7.48. The van der Waals surface area contributed by atoms with Gasteiger partial charge in [0.05, 0.1) is 18.8 Å². The lowest BCUT2D eigenvalue weighted by Crippen LogP contribution is -2.33. The summed E-state index contributed by atoms with van der Waals surface area (Å²) in [5, 5.41) is 13.4. The summed E-state index contributed by atoms with van der Waals surface area (Å²) in [5.41, 5.74) is 1.34. The minimum atomic E-state index is -0.418. The van der Waals surface area contributed by atoms with Crippen molar-refractivity contribution in [3.05, 3.63) is 21.4 Å². The maximum absolute atomic E-state index is 9.99. The molecule has 0 radical (unpaired) electrons. The average molecular weight is 297 g/mol. The molecule has 0 amide bonds. The van der Waals surface area contributed by atoms with Gasteiger partial charge in [-0.1, -0.05) is 12.8 Å². The molecule has 3 nitrogen and oxygen atoms in total. The Bertz CT molecular complexity index is 413. The van der Waals surface area contributed by atoms with Crippen LogP contribution in [0.4, 0.5) is 0 Å². The maximum Gasteiger partial charge on any atom is 0.0898 e. The zero-order chi connectivity index (χ0) is 14.5. The summed E-state index contributed by atoms with van der Waals surface area (Å²) in [7, 11) is 0. The Labute approximate surface area is 126 Å². The smallest absolute Gasteiger partial charge is 0.0898 e. The van der Waals surface area contributed by atoms with E-state index in [1.54, 1.807) is 0 Å². The van der Waals surface area contributed by atoms with Crippen LogP contribution in [0.15, 0.2) is 6.07 Å². The first-order valence-corrected chi connectivity index (χ1v) is 8.48. The van der Waals surface area contributed by atoms with Crippen molar-refractivity contribution in [2.24, 2.45) is 0 Å². The van der Waals surface area contributed by atoms with E-state index in [4.69, 9.17) is 4.74 Å². The van der Waals surface area contributed by atoms with E-state index >= 15 is 0 Å². The molecule has 0 saturated heterocycles. The second-order valence-corrected chi connectivity index (χ2v) is 7.35. The highest BCUT2D eigenvalue weighted by molar-refractivity contribution is 7.12. The van der Waals surface area contributed by atoms with Crippen molar-refractivity contribution < 1.29 is 9.84 Å². The molecule has 0 aliphatic heterocycles. The van der Waals surface area contributed by atoms with Gasteiger partial charge in [0.2, 0.25) is 0 Å². The van der Waals surface area contributed by atoms with Crippen LogP contribution in [0.3, 0.4) is 0 Å². The van der Waals surface area contributed by atoms with Crippen LogP contribution in [0.25, 0.3) is 0 Å². The molecule has 0 aromatic carbocycles. The van der Waals surface area contributed by atoms with E-state index in [0.717, 1.165) is 12.8 Å². The van der Waals surface area contributed by atoms with Crippen molar-refractivity contribution in [2.45, 2.75) is 64.7 Å². The Morgan fingerprint density at radius 3 is 2.70 bits per heavy atom. The van der Waals surface area contributed by atoms with Crippen molar-refractivity contribution in [2.75, 3.05) is 13.2 Å². The first-order valence-electron chi connectivity index (χ1n) is 7.66. The number of aliphatic hydroxyl groups is 1. The van der Waals surface area contributed by atoms with E-state index < -0.39 is 6.10 Å². The number of aryl methyl sites for hydroxylation is 2. The minimum absolute atomic E-state index is 0.279. The normalized spacial score (nSPS) is 19.4. The quantitative estimate of drug-likeness (QED) is 0.811. The molecule has 1 aliphatic rings. The Morgan fingerprint density at radius 1 is 1.40 bits per heavy atom. The summed E-state index contributed by atoms with van der Waals surface area (Å²) >= 11 is 1.83. The van der Waals surface area contributed by atoms with Crippen LogP contribution in [0.5, 0.6) is 0 Å². The molecule has 2 rings (SSSR count). The Hall–Kier alpha value is -0.420. The third-order valence-corrected chi connectivity index (χ3v) is 5.01. The summed E-state index contributed by atoms with van der Waals surface area (Å²) in [6, 6.07) is 2.51. The Morgan fingerprint density at radius 2 is 2.10 bits per heavy atom. The first-order chi connectivity index (χ1) is 9.56. The summed E-state index contributed by atoms with van der Waals surface area (Å²) in [4.78, 5) is 2.70. The molecular formula is C16H27NO2S. The van der Waals surface area contributed by atoms with Gasteiger partial charge in [-0.2, -0.15) is 0 Å². The van der Waals surface area contributed by atoms with Gasteiger partial charge in [-0.3, -0.25) is 0 Å². The van der Waals surface area contributed by atoms with Gasteiger partial charge in [-0.05, 0) is 45.2 Å². The molecule has 0 bridgehead atoms. The van der Waals surface area contributed by atoms with Gasteiger partial charge in [-0.15, -0.1) is 11.3 Å². The van der Waals surface area contributed by atoms with Gasteiger partial charge < -0.3 is 15.2 Å². The molecule has 1 aliphatic carbocycles. The monoisotopic (exact) mass is 297 g/mol. The molecule has 1 aromatic rings. The average Bonchev–Trinajstić information content (AvgIpc) is 3.03. The fourth-order valence-corrected chi connectivity index (χ4v) is 3.89. The maximum atomic E-state index is 9.99. The van der Waals surface area contributed by atoms with Gasteiger partial charge in [0.15, 0.2) is 0 Å². The van der Waals surface area contributed by atoms with Crippen LogP contribution >= 0.6 is 11.3 Å². The van der Waals surface area contributed by atoms with Gasteiger partial charge in [0.25, 0.3) is 0 Å². The predicted molar refractivity (Wildman–Crippen MR) is 84.4 cm³/mol. The fraction of sp³-hybridized carbons (Fsp3) is 0.750. The topological polar surface area (TPSA) is 41.5 Å². The highest BCUT2D eigenvalue weighted by Crippen LogP contribution is 2.26. The van der Waals surface area contributed by atoms with E-state index in [1.807, 2.05) is 11.3 Å². The Balaban J connectivity index is 1.69. The lowest BCUT2D eigenvalue weighted by molar-refractivity contribution is -0.00610. The third kappa shape index (κ3) is 4.55.